The predicted octanol–water partition coefficient (Wildman–Crippen LogP) is 6.09. The van der Waals surface area contributed by atoms with Gasteiger partial charge in [-0.15, -0.1) is 12.3 Å². The summed E-state index contributed by atoms with van der Waals surface area (Å²) in [6.45, 7) is 0. The van der Waals surface area contributed by atoms with Crippen molar-refractivity contribution in [3.63, 3.8) is 0 Å². The molecule has 0 saturated heterocycles. The minimum Gasteiger partial charge on any atom is -0.120 e. The van der Waals surface area contributed by atoms with Crippen molar-refractivity contribution in [1.29, 1.82) is 0 Å². The molecule has 0 amide bonds. The summed E-state index contributed by atoms with van der Waals surface area (Å²) in [4.78, 5) is 0. The van der Waals surface area contributed by atoms with Gasteiger partial charge in [-0.1, -0.05) is 80.1 Å². The van der Waals surface area contributed by atoms with Crippen molar-refractivity contribution < 1.29 is 0 Å². The molecule has 0 atom stereocenters. The smallest absolute Gasteiger partial charge is 0.00860 e. The first-order chi connectivity index (χ1) is 8.41. The van der Waals surface area contributed by atoms with E-state index >= 15 is 0 Å². The van der Waals surface area contributed by atoms with E-state index in [-0.39, 0.29) is 0 Å². The molecule has 0 aromatic rings. The Kier molecular flexibility index (Phi) is 16.1. The minimum atomic E-state index is 0.967. The fraction of sp³-hybridized carbons (Fsp3) is 0.875. The highest BCUT2D eigenvalue weighted by Gasteiger charge is 1.93. The maximum absolute atomic E-state index is 5.22. The molecule has 0 saturated carbocycles. The van der Waals surface area contributed by atoms with Crippen LogP contribution in [0.25, 0.3) is 0 Å². The van der Waals surface area contributed by atoms with Crippen molar-refractivity contribution >= 4 is 15.9 Å². The topological polar surface area (TPSA) is 0 Å². The molecular weight excluding hydrogens is 272 g/mol. The number of rotatable bonds is 13. The largest absolute Gasteiger partial charge is 0.120 e. The summed E-state index contributed by atoms with van der Waals surface area (Å²) in [5.41, 5.74) is 0. The lowest BCUT2D eigenvalue weighted by Gasteiger charge is -2.02. The van der Waals surface area contributed by atoms with Crippen LogP contribution in [-0.4, -0.2) is 5.33 Å². The van der Waals surface area contributed by atoms with Crippen molar-refractivity contribution in [3.8, 4) is 12.3 Å². The Morgan fingerprint density at radius 3 is 1.29 bits per heavy atom. The summed E-state index contributed by atoms with van der Waals surface area (Å²) < 4.78 is 0. The van der Waals surface area contributed by atoms with E-state index in [1.165, 1.54) is 82.4 Å². The Bertz CT molecular complexity index is 169. The zero-order valence-corrected chi connectivity index (χ0v) is 12.9. The summed E-state index contributed by atoms with van der Waals surface area (Å²) >= 11 is 3.47. The second-order valence-electron chi connectivity index (χ2n) is 4.89. The van der Waals surface area contributed by atoms with Gasteiger partial charge in [0.25, 0.3) is 0 Å². The lowest BCUT2D eigenvalue weighted by molar-refractivity contribution is 0.546. The van der Waals surface area contributed by atoms with Crippen LogP contribution >= 0.6 is 15.9 Å². The van der Waals surface area contributed by atoms with Crippen LogP contribution in [-0.2, 0) is 0 Å². The zero-order valence-electron chi connectivity index (χ0n) is 11.4. The summed E-state index contributed by atoms with van der Waals surface area (Å²) in [6.07, 6.45) is 22.9. The van der Waals surface area contributed by atoms with E-state index in [1.54, 1.807) is 0 Å². The average Bonchev–Trinajstić information content (AvgIpc) is 2.35. The number of hydrogen-bond donors (Lipinski definition) is 0. The lowest BCUT2D eigenvalue weighted by Crippen LogP contribution is -1.83. The SMILES string of the molecule is C#CCCCCCCCCCCCCCCBr. The molecule has 17 heavy (non-hydrogen) atoms. The monoisotopic (exact) mass is 300 g/mol. The Balaban J connectivity index is 2.87. The van der Waals surface area contributed by atoms with Crippen molar-refractivity contribution in [2.75, 3.05) is 5.33 Å². The number of halogens is 1. The van der Waals surface area contributed by atoms with Crippen LogP contribution in [0.15, 0.2) is 0 Å². The first-order valence-corrected chi connectivity index (χ1v) is 8.53. The second-order valence-corrected chi connectivity index (χ2v) is 5.68. The molecule has 0 heterocycles. The van der Waals surface area contributed by atoms with Gasteiger partial charge >= 0.3 is 0 Å². The summed E-state index contributed by atoms with van der Waals surface area (Å²) in [5.74, 6) is 2.70. The van der Waals surface area contributed by atoms with Crippen LogP contribution in [0.2, 0.25) is 0 Å². The molecule has 0 nitrogen and oxygen atoms in total. The van der Waals surface area contributed by atoms with Gasteiger partial charge in [-0.25, -0.2) is 0 Å². The number of terminal acetylenes is 1. The highest BCUT2D eigenvalue weighted by Crippen LogP contribution is 2.12. The summed E-state index contributed by atoms with van der Waals surface area (Å²) in [5, 5.41) is 1.17. The standard InChI is InChI=1S/C16H29Br/c1-2-3-4-5-6-7-8-9-10-11-12-13-14-15-16-17/h1H,3-16H2. The molecule has 0 aliphatic carbocycles. The van der Waals surface area contributed by atoms with E-state index in [1.807, 2.05) is 0 Å². The van der Waals surface area contributed by atoms with Gasteiger partial charge in [0.05, 0.1) is 0 Å². The van der Waals surface area contributed by atoms with Crippen molar-refractivity contribution in [3.05, 3.63) is 0 Å². The molecule has 0 aliphatic rings. The Hall–Kier alpha value is 0.0400. The van der Waals surface area contributed by atoms with Crippen molar-refractivity contribution in [1.82, 2.24) is 0 Å². The third-order valence-electron chi connectivity index (χ3n) is 3.20. The molecule has 0 unspecified atom stereocenters. The fourth-order valence-corrected chi connectivity index (χ4v) is 2.49. The first kappa shape index (κ1) is 17.0. The molecular formula is C16H29Br. The van der Waals surface area contributed by atoms with Gasteiger partial charge in [-0.05, 0) is 12.8 Å². The van der Waals surface area contributed by atoms with Gasteiger partial charge in [0.1, 0.15) is 0 Å². The molecule has 0 aliphatic heterocycles. The van der Waals surface area contributed by atoms with Gasteiger partial charge in [0, 0.05) is 11.8 Å². The van der Waals surface area contributed by atoms with E-state index in [4.69, 9.17) is 6.42 Å². The molecule has 100 valence electrons. The van der Waals surface area contributed by atoms with Crippen LogP contribution in [0.3, 0.4) is 0 Å². The molecule has 0 aromatic heterocycles. The Labute approximate surface area is 117 Å². The van der Waals surface area contributed by atoms with Gasteiger partial charge in [-0.2, -0.15) is 0 Å². The maximum Gasteiger partial charge on any atom is 0.00860 e. The van der Waals surface area contributed by atoms with E-state index < -0.39 is 0 Å². The van der Waals surface area contributed by atoms with Crippen LogP contribution < -0.4 is 0 Å². The zero-order chi connectivity index (χ0) is 12.6. The minimum absolute atomic E-state index is 0.967. The molecule has 0 rings (SSSR count). The second kappa shape index (κ2) is 16.0. The number of hydrogen-bond acceptors (Lipinski definition) is 0. The van der Waals surface area contributed by atoms with E-state index in [0.29, 0.717) is 0 Å². The van der Waals surface area contributed by atoms with Crippen molar-refractivity contribution in [2.24, 2.45) is 0 Å². The van der Waals surface area contributed by atoms with Crippen LogP contribution in [0, 0.1) is 12.3 Å². The third-order valence-corrected chi connectivity index (χ3v) is 3.77. The van der Waals surface area contributed by atoms with Gasteiger partial charge < -0.3 is 0 Å². The Morgan fingerprint density at radius 1 is 0.588 bits per heavy atom. The van der Waals surface area contributed by atoms with Crippen LogP contribution in [0.1, 0.15) is 83.5 Å². The van der Waals surface area contributed by atoms with Crippen molar-refractivity contribution in [2.45, 2.75) is 83.5 Å². The first-order valence-electron chi connectivity index (χ1n) is 7.41. The number of alkyl halides is 1. The quantitative estimate of drug-likeness (QED) is 0.219. The maximum atomic E-state index is 5.22. The molecule has 0 spiro atoms. The Morgan fingerprint density at radius 2 is 0.941 bits per heavy atom. The molecule has 0 N–H and O–H groups in total. The fourth-order valence-electron chi connectivity index (χ4n) is 2.09. The van der Waals surface area contributed by atoms with Gasteiger partial charge in [0.15, 0.2) is 0 Å². The van der Waals surface area contributed by atoms with E-state index in [9.17, 15) is 0 Å². The normalized spacial score (nSPS) is 10.4. The molecule has 0 aromatic carbocycles. The van der Waals surface area contributed by atoms with Gasteiger partial charge in [0.2, 0.25) is 0 Å². The van der Waals surface area contributed by atoms with E-state index in [2.05, 4.69) is 21.9 Å². The van der Waals surface area contributed by atoms with Gasteiger partial charge in [-0.3, -0.25) is 0 Å². The summed E-state index contributed by atoms with van der Waals surface area (Å²) in [7, 11) is 0. The molecule has 0 radical (unpaired) electrons. The van der Waals surface area contributed by atoms with Crippen LogP contribution in [0.4, 0.5) is 0 Å². The van der Waals surface area contributed by atoms with E-state index in [0.717, 1.165) is 6.42 Å². The predicted molar refractivity (Wildman–Crippen MR) is 82.6 cm³/mol. The third kappa shape index (κ3) is 16.0. The lowest BCUT2D eigenvalue weighted by atomic mass is 10.0. The highest BCUT2D eigenvalue weighted by atomic mass is 79.9. The average molecular weight is 301 g/mol. The number of unbranched alkanes of at least 4 members (excludes halogenated alkanes) is 12. The highest BCUT2D eigenvalue weighted by molar-refractivity contribution is 9.09. The molecule has 0 bridgehead atoms. The molecule has 0 fully saturated rings. The van der Waals surface area contributed by atoms with Crippen LogP contribution in [0.5, 0.6) is 0 Å². The molecule has 1 heteroatoms. The summed E-state index contributed by atoms with van der Waals surface area (Å²) in [6, 6.07) is 0.